The highest BCUT2D eigenvalue weighted by Gasteiger charge is 2.30. The second-order valence-corrected chi connectivity index (χ2v) is 27.8. The van der Waals surface area contributed by atoms with Crippen molar-refractivity contribution in [3.05, 3.63) is 48.6 Å². The summed E-state index contributed by atoms with van der Waals surface area (Å²) in [5.74, 6) is -2.17. The standard InChI is InChI=1S/C73H134O17P2/c1-5-9-13-17-21-25-29-32-33-36-39-42-46-50-54-58-71(76)84-64-69(90-73(78)60-56-52-48-44-40-35-31-27-23-19-15-11-7-3)66-88-92(81,82)86-62-67(74)61-85-91(79,80)87-65-68(89-72(77)59-55-51-47-43-37-28-24-20-16-12-8-4)63-83-70(75)57-53-49-45-41-38-34-30-26-22-18-14-10-6-2/h14,18,21,25-26,30,32-33,67-69,74H,5-13,15-17,19-20,22-24,27-29,31,34-66H2,1-4H3,(H,79,80)(H,81,82)/b18-14-,25-21-,30-26-,33-32-. The molecule has 0 saturated heterocycles. The second kappa shape index (κ2) is 66.6. The molecule has 0 aromatic heterocycles. The molecule has 0 aliphatic heterocycles. The van der Waals surface area contributed by atoms with Crippen LogP contribution in [0.2, 0.25) is 0 Å². The summed E-state index contributed by atoms with van der Waals surface area (Å²) in [6.07, 6.45) is 61.1. The number of carbonyl (C=O) groups excluding carboxylic acids is 4. The maximum absolute atomic E-state index is 13.0. The van der Waals surface area contributed by atoms with Gasteiger partial charge in [0.05, 0.1) is 26.4 Å². The van der Waals surface area contributed by atoms with Gasteiger partial charge in [-0.15, -0.1) is 0 Å². The van der Waals surface area contributed by atoms with Gasteiger partial charge in [-0.2, -0.15) is 0 Å². The Hall–Kier alpha value is -2.98. The van der Waals surface area contributed by atoms with Gasteiger partial charge >= 0.3 is 39.5 Å². The maximum Gasteiger partial charge on any atom is 0.472 e. The molecule has 92 heavy (non-hydrogen) atoms. The van der Waals surface area contributed by atoms with Gasteiger partial charge in [0.2, 0.25) is 0 Å². The summed E-state index contributed by atoms with van der Waals surface area (Å²) in [7, 11) is -9.92. The maximum atomic E-state index is 13.0. The van der Waals surface area contributed by atoms with Crippen LogP contribution in [0.25, 0.3) is 0 Å². The third-order valence-corrected chi connectivity index (χ3v) is 17.7. The second-order valence-electron chi connectivity index (χ2n) is 24.9. The number of aliphatic hydroxyl groups is 1. The van der Waals surface area contributed by atoms with Gasteiger partial charge < -0.3 is 33.8 Å². The first-order chi connectivity index (χ1) is 44.7. The zero-order valence-electron chi connectivity index (χ0n) is 58.5. The van der Waals surface area contributed by atoms with Crippen LogP contribution in [0.5, 0.6) is 0 Å². The quantitative estimate of drug-likeness (QED) is 0.0169. The van der Waals surface area contributed by atoms with Gasteiger partial charge in [-0.25, -0.2) is 9.13 Å². The fraction of sp³-hybridized carbons (Fsp3) is 0.836. The molecule has 0 amide bonds. The zero-order valence-corrected chi connectivity index (χ0v) is 60.3. The van der Waals surface area contributed by atoms with Crippen molar-refractivity contribution in [2.75, 3.05) is 39.6 Å². The number of phosphoric acid groups is 2. The van der Waals surface area contributed by atoms with Gasteiger partial charge in [0.25, 0.3) is 0 Å². The SMILES string of the molecule is CCC/C=C\C/C=C\CCCCCCCC(=O)OCC(COP(=O)(O)OCC(O)COP(=O)(O)OCC(COC(=O)CCCCCCC/C=C\C/C=C\CCCCC)OC(=O)CCCCCCCCCCCCCCC)OC(=O)CCCCCCCCCCCCC. The van der Waals surface area contributed by atoms with Crippen LogP contribution in [0.1, 0.15) is 336 Å². The monoisotopic (exact) mass is 1340 g/mol. The molecule has 0 aliphatic carbocycles. The van der Waals surface area contributed by atoms with Crippen molar-refractivity contribution in [3.63, 3.8) is 0 Å². The lowest BCUT2D eigenvalue weighted by Crippen LogP contribution is -2.30. The third-order valence-electron chi connectivity index (χ3n) is 15.8. The molecular weight excluding hydrogens is 1210 g/mol. The van der Waals surface area contributed by atoms with Crippen LogP contribution in [0, 0.1) is 0 Å². The van der Waals surface area contributed by atoms with E-state index in [4.69, 9.17) is 37.0 Å². The number of phosphoric ester groups is 2. The van der Waals surface area contributed by atoms with Crippen molar-refractivity contribution in [3.8, 4) is 0 Å². The molecule has 0 heterocycles. The topological polar surface area (TPSA) is 237 Å². The predicted molar refractivity (Wildman–Crippen MR) is 372 cm³/mol. The number of carbonyl (C=O) groups is 4. The minimum Gasteiger partial charge on any atom is -0.462 e. The smallest absolute Gasteiger partial charge is 0.462 e. The van der Waals surface area contributed by atoms with Gasteiger partial charge in [0.1, 0.15) is 19.3 Å². The molecule has 0 bridgehead atoms. The number of esters is 4. The van der Waals surface area contributed by atoms with E-state index in [-0.39, 0.29) is 25.7 Å². The first-order valence-electron chi connectivity index (χ1n) is 36.9. The lowest BCUT2D eigenvalue weighted by molar-refractivity contribution is -0.161. The molecule has 0 rings (SSSR count). The Kier molecular flexibility index (Phi) is 64.5. The molecular formula is C73H134O17P2. The van der Waals surface area contributed by atoms with Crippen LogP contribution in [0.3, 0.4) is 0 Å². The average molecular weight is 1350 g/mol. The van der Waals surface area contributed by atoms with Crippen molar-refractivity contribution in [1.82, 2.24) is 0 Å². The molecule has 0 aromatic rings. The molecule has 0 aliphatic rings. The summed E-state index contributed by atoms with van der Waals surface area (Å²) < 4.78 is 68.3. The predicted octanol–water partition coefficient (Wildman–Crippen LogP) is 20.6. The first-order valence-corrected chi connectivity index (χ1v) is 39.9. The number of unbranched alkanes of at least 4 members (excludes halogenated alkanes) is 36. The van der Waals surface area contributed by atoms with Crippen LogP contribution in [-0.4, -0.2) is 96.7 Å². The van der Waals surface area contributed by atoms with Crippen LogP contribution >= 0.6 is 15.6 Å². The van der Waals surface area contributed by atoms with E-state index in [0.29, 0.717) is 25.7 Å². The molecule has 0 fully saturated rings. The molecule has 538 valence electrons. The molecule has 5 unspecified atom stereocenters. The van der Waals surface area contributed by atoms with Crippen LogP contribution < -0.4 is 0 Å². The average Bonchev–Trinajstić information content (AvgIpc) is 2.25. The molecule has 17 nitrogen and oxygen atoms in total. The molecule has 0 spiro atoms. The Bertz CT molecular complexity index is 1940. The van der Waals surface area contributed by atoms with Gasteiger partial charge in [-0.3, -0.25) is 37.3 Å². The van der Waals surface area contributed by atoms with Crippen molar-refractivity contribution >= 4 is 39.5 Å². The lowest BCUT2D eigenvalue weighted by Gasteiger charge is -2.21. The number of aliphatic hydroxyl groups excluding tert-OH is 1. The van der Waals surface area contributed by atoms with E-state index in [0.717, 1.165) is 148 Å². The third kappa shape index (κ3) is 65.7. The highest BCUT2D eigenvalue weighted by molar-refractivity contribution is 7.47. The van der Waals surface area contributed by atoms with E-state index in [9.17, 15) is 43.2 Å². The summed E-state index contributed by atoms with van der Waals surface area (Å²) in [6.45, 7) is 4.79. The van der Waals surface area contributed by atoms with E-state index < -0.39 is 97.5 Å². The molecule has 0 aromatic carbocycles. The summed E-state index contributed by atoms with van der Waals surface area (Å²) in [4.78, 5) is 72.6. The summed E-state index contributed by atoms with van der Waals surface area (Å²) in [6, 6.07) is 0. The van der Waals surface area contributed by atoms with E-state index in [1.807, 2.05) is 0 Å². The van der Waals surface area contributed by atoms with E-state index in [1.165, 1.54) is 109 Å². The van der Waals surface area contributed by atoms with Crippen molar-refractivity contribution in [2.45, 2.75) is 354 Å². The van der Waals surface area contributed by atoms with E-state index in [2.05, 4.69) is 76.3 Å². The zero-order chi connectivity index (χ0) is 67.5. The van der Waals surface area contributed by atoms with Gasteiger partial charge in [-0.05, 0) is 83.5 Å². The fourth-order valence-corrected chi connectivity index (χ4v) is 11.7. The van der Waals surface area contributed by atoms with E-state index >= 15 is 0 Å². The Morgan fingerprint density at radius 2 is 0.554 bits per heavy atom. The van der Waals surface area contributed by atoms with Crippen LogP contribution in [0.15, 0.2) is 48.6 Å². The Labute approximate surface area is 559 Å². The van der Waals surface area contributed by atoms with Gasteiger partial charge in [0, 0.05) is 25.7 Å². The van der Waals surface area contributed by atoms with Crippen molar-refractivity contribution < 1.29 is 80.2 Å². The van der Waals surface area contributed by atoms with Gasteiger partial charge in [-0.1, -0.05) is 275 Å². The summed E-state index contributed by atoms with van der Waals surface area (Å²) in [5, 5.41) is 10.6. The Morgan fingerprint density at radius 1 is 0.304 bits per heavy atom. The normalized spacial score (nSPS) is 14.3. The lowest BCUT2D eigenvalue weighted by atomic mass is 10.0. The van der Waals surface area contributed by atoms with Crippen LogP contribution in [-0.2, 0) is 65.4 Å². The highest BCUT2D eigenvalue weighted by Crippen LogP contribution is 2.45. The largest absolute Gasteiger partial charge is 0.472 e. The molecule has 19 heteroatoms. The molecule has 5 atom stereocenters. The van der Waals surface area contributed by atoms with Crippen LogP contribution in [0.4, 0.5) is 0 Å². The summed E-state index contributed by atoms with van der Waals surface area (Å²) >= 11 is 0. The number of allylic oxidation sites excluding steroid dienone is 8. The number of hydrogen-bond donors (Lipinski definition) is 3. The molecule has 0 radical (unpaired) electrons. The Morgan fingerprint density at radius 3 is 0.870 bits per heavy atom. The Balaban J connectivity index is 5.30. The molecule has 0 saturated carbocycles. The van der Waals surface area contributed by atoms with Gasteiger partial charge in [0.15, 0.2) is 12.2 Å². The fourth-order valence-electron chi connectivity index (χ4n) is 10.1. The first kappa shape index (κ1) is 89.0. The number of ether oxygens (including phenoxy) is 4. The summed E-state index contributed by atoms with van der Waals surface area (Å²) in [5.41, 5.74) is 0. The van der Waals surface area contributed by atoms with Crippen molar-refractivity contribution in [1.29, 1.82) is 0 Å². The van der Waals surface area contributed by atoms with E-state index in [1.54, 1.807) is 0 Å². The minimum atomic E-state index is -4.96. The number of rotatable bonds is 70. The number of hydrogen-bond acceptors (Lipinski definition) is 15. The van der Waals surface area contributed by atoms with Crippen molar-refractivity contribution in [2.24, 2.45) is 0 Å². The molecule has 3 N–H and O–H groups in total. The minimum absolute atomic E-state index is 0.0984. The highest BCUT2D eigenvalue weighted by atomic mass is 31.2.